The molecule has 1 spiro atoms. The first-order valence-electron chi connectivity index (χ1n) is 9.16. The van der Waals surface area contributed by atoms with E-state index in [1.165, 1.54) is 5.56 Å². The van der Waals surface area contributed by atoms with Crippen LogP contribution < -0.4 is 0 Å². The van der Waals surface area contributed by atoms with E-state index in [0.29, 0.717) is 30.1 Å². The third kappa shape index (κ3) is 3.81. The number of likely N-dealkylation sites (tertiary alicyclic amines) is 1. The summed E-state index contributed by atoms with van der Waals surface area (Å²) in [5.74, 6) is -0.116. The normalized spacial score (nSPS) is 20.8. The number of fused-ring (bicyclic) bond motifs is 1. The maximum Gasteiger partial charge on any atom is 0.229 e. The number of benzene rings is 1. The van der Waals surface area contributed by atoms with Crippen LogP contribution in [0.1, 0.15) is 40.0 Å². The van der Waals surface area contributed by atoms with Gasteiger partial charge in [0, 0.05) is 18.3 Å². The minimum absolute atomic E-state index is 0. The van der Waals surface area contributed by atoms with Crippen molar-refractivity contribution in [2.24, 2.45) is 5.41 Å². The first kappa shape index (κ1) is 20.8. The van der Waals surface area contributed by atoms with E-state index in [1.807, 2.05) is 23.1 Å². The highest BCUT2D eigenvalue weighted by molar-refractivity contribution is 7.59. The van der Waals surface area contributed by atoms with Crippen LogP contribution in [0.3, 0.4) is 0 Å². The van der Waals surface area contributed by atoms with E-state index in [2.05, 4.69) is 4.98 Å². The van der Waals surface area contributed by atoms with Crippen molar-refractivity contribution in [3.63, 3.8) is 0 Å². The summed E-state index contributed by atoms with van der Waals surface area (Å²) < 4.78 is 0. The number of amides is 1. The van der Waals surface area contributed by atoms with Gasteiger partial charge in [0.05, 0.1) is 22.7 Å². The fourth-order valence-electron chi connectivity index (χ4n) is 4.26. The van der Waals surface area contributed by atoms with Gasteiger partial charge in [0.15, 0.2) is 5.78 Å². The van der Waals surface area contributed by atoms with E-state index >= 15 is 0 Å². The molecule has 0 unspecified atom stereocenters. The van der Waals surface area contributed by atoms with Crippen LogP contribution in [0.2, 0.25) is 5.02 Å². The molecule has 5 nitrogen and oxygen atoms in total. The second kappa shape index (κ2) is 8.23. The monoisotopic (exact) mass is 418 g/mol. The number of hydrogen-bond acceptors (Lipinski definition) is 4. The molecule has 2 aromatic rings. The number of hydrogen-bond donors (Lipinski definition) is 1. The summed E-state index contributed by atoms with van der Waals surface area (Å²) in [6, 6.07) is 9.22. The van der Waals surface area contributed by atoms with Gasteiger partial charge in [0.2, 0.25) is 5.91 Å². The van der Waals surface area contributed by atoms with Gasteiger partial charge in [-0.15, -0.1) is 0 Å². The zero-order valence-electron chi connectivity index (χ0n) is 15.4. The molecule has 28 heavy (non-hydrogen) atoms. The predicted octanol–water partition coefficient (Wildman–Crippen LogP) is 2.93. The molecular weight excluding hydrogens is 396 g/mol. The van der Waals surface area contributed by atoms with Crippen molar-refractivity contribution in [3.8, 4) is 0 Å². The maximum atomic E-state index is 13.2. The quantitative estimate of drug-likeness (QED) is 0.775. The number of carbonyl (C=O) groups is 2. The standard InChI is InChI=1S/C21H21ClN2O3.H2S/c22-17-3-4-18(23-11-17)12-24-8-7-21(20(24)27)6-5-14-1-2-15(19(26)13-25)9-16(14)10-21;/h1-4,9,11,25H,5-8,10,12-13H2;1H2/t21-;/m1./s1. The Morgan fingerprint density at radius 2 is 2.04 bits per heavy atom. The predicted molar refractivity (Wildman–Crippen MR) is 112 cm³/mol. The fourth-order valence-corrected chi connectivity index (χ4v) is 4.37. The molecule has 148 valence electrons. The van der Waals surface area contributed by atoms with Crippen LogP contribution in [0.4, 0.5) is 0 Å². The molecule has 1 aliphatic carbocycles. The molecule has 0 bridgehead atoms. The minimum Gasteiger partial charge on any atom is -0.388 e. The van der Waals surface area contributed by atoms with Crippen molar-refractivity contribution in [2.75, 3.05) is 13.2 Å². The third-order valence-electron chi connectivity index (χ3n) is 5.82. The summed E-state index contributed by atoms with van der Waals surface area (Å²) in [5, 5.41) is 9.69. The average Bonchev–Trinajstić information content (AvgIpc) is 2.98. The van der Waals surface area contributed by atoms with Crippen LogP contribution in [-0.2, 0) is 24.2 Å². The Morgan fingerprint density at radius 3 is 2.75 bits per heavy atom. The lowest BCUT2D eigenvalue weighted by molar-refractivity contribution is -0.137. The van der Waals surface area contributed by atoms with Crippen molar-refractivity contribution in [3.05, 3.63) is 63.9 Å². The van der Waals surface area contributed by atoms with Crippen molar-refractivity contribution < 1.29 is 14.7 Å². The Labute approximate surface area is 176 Å². The molecule has 7 heteroatoms. The van der Waals surface area contributed by atoms with E-state index in [9.17, 15) is 9.59 Å². The molecule has 1 amide bonds. The van der Waals surface area contributed by atoms with Crippen LogP contribution in [-0.4, -0.2) is 39.8 Å². The number of ketones is 1. The first-order chi connectivity index (χ1) is 13.0. The lowest BCUT2D eigenvalue weighted by atomic mass is 9.70. The smallest absolute Gasteiger partial charge is 0.229 e. The van der Waals surface area contributed by atoms with Gasteiger partial charge in [-0.1, -0.05) is 23.7 Å². The van der Waals surface area contributed by atoms with Crippen molar-refractivity contribution in [2.45, 2.75) is 32.2 Å². The van der Waals surface area contributed by atoms with Crippen LogP contribution >= 0.6 is 25.1 Å². The Kier molecular flexibility index (Phi) is 6.12. The zero-order chi connectivity index (χ0) is 19.0. The van der Waals surface area contributed by atoms with Crippen molar-refractivity contribution in [1.82, 2.24) is 9.88 Å². The SMILES string of the molecule is O=C(CO)c1ccc2c(c1)C[C@@]1(CC2)CCN(Cc2ccc(Cl)cn2)C1=O.S. The highest BCUT2D eigenvalue weighted by atomic mass is 35.5. The lowest BCUT2D eigenvalue weighted by Gasteiger charge is -2.33. The van der Waals surface area contributed by atoms with Gasteiger partial charge in [0.25, 0.3) is 0 Å². The van der Waals surface area contributed by atoms with Crippen molar-refractivity contribution in [1.29, 1.82) is 0 Å². The molecule has 2 aliphatic rings. The van der Waals surface area contributed by atoms with E-state index in [-0.39, 0.29) is 30.6 Å². The van der Waals surface area contributed by atoms with Gasteiger partial charge in [0.1, 0.15) is 6.61 Å². The molecule has 1 aromatic carbocycles. The summed E-state index contributed by atoms with van der Waals surface area (Å²) in [6.07, 6.45) is 4.73. The van der Waals surface area contributed by atoms with E-state index in [4.69, 9.17) is 16.7 Å². The van der Waals surface area contributed by atoms with Gasteiger partial charge >= 0.3 is 0 Å². The Bertz CT molecular complexity index is 903. The Hall–Kier alpha value is -1.89. The number of aliphatic hydroxyl groups is 1. The first-order valence-corrected chi connectivity index (χ1v) is 9.54. The molecule has 1 fully saturated rings. The molecule has 1 aliphatic heterocycles. The number of pyridine rings is 1. The number of carbonyl (C=O) groups excluding carboxylic acids is 2. The van der Waals surface area contributed by atoms with Crippen LogP contribution in [0.15, 0.2) is 36.5 Å². The highest BCUT2D eigenvalue weighted by Crippen LogP contribution is 2.44. The van der Waals surface area contributed by atoms with Crippen LogP contribution in [0, 0.1) is 5.41 Å². The second-order valence-electron chi connectivity index (χ2n) is 7.47. The largest absolute Gasteiger partial charge is 0.388 e. The van der Waals surface area contributed by atoms with Gasteiger partial charge in [-0.2, -0.15) is 13.5 Å². The molecule has 0 saturated carbocycles. The molecule has 1 saturated heterocycles. The highest BCUT2D eigenvalue weighted by Gasteiger charge is 2.48. The summed E-state index contributed by atoms with van der Waals surface area (Å²) in [7, 11) is 0. The molecule has 0 radical (unpaired) electrons. The molecular formula is C21H23ClN2O3S. The number of rotatable bonds is 4. The third-order valence-corrected chi connectivity index (χ3v) is 6.04. The van der Waals surface area contributed by atoms with Crippen LogP contribution in [0.5, 0.6) is 0 Å². The molecule has 1 atom stereocenters. The van der Waals surface area contributed by atoms with E-state index in [0.717, 1.165) is 30.5 Å². The van der Waals surface area contributed by atoms with E-state index < -0.39 is 6.61 Å². The second-order valence-corrected chi connectivity index (χ2v) is 7.90. The van der Waals surface area contributed by atoms with Gasteiger partial charge < -0.3 is 10.0 Å². The Balaban J connectivity index is 0.00000225. The number of Topliss-reactive ketones (excluding diaryl/α,β-unsaturated/α-hetero) is 1. The summed E-state index contributed by atoms with van der Waals surface area (Å²) in [5.41, 5.74) is 3.21. The average molecular weight is 419 g/mol. The number of aliphatic hydroxyl groups excluding tert-OH is 1. The van der Waals surface area contributed by atoms with Gasteiger partial charge in [-0.3, -0.25) is 14.6 Å². The summed E-state index contributed by atoms with van der Waals surface area (Å²) in [6.45, 7) is 0.714. The van der Waals surface area contributed by atoms with Gasteiger partial charge in [-0.25, -0.2) is 0 Å². The minimum atomic E-state index is -0.495. The topological polar surface area (TPSA) is 70.5 Å². The Morgan fingerprint density at radius 1 is 1.21 bits per heavy atom. The summed E-state index contributed by atoms with van der Waals surface area (Å²) >= 11 is 5.88. The summed E-state index contributed by atoms with van der Waals surface area (Å²) in [4.78, 5) is 31.2. The van der Waals surface area contributed by atoms with Crippen molar-refractivity contribution >= 4 is 36.8 Å². The number of nitrogens with zero attached hydrogens (tertiary/aromatic N) is 2. The molecule has 2 heterocycles. The molecule has 1 aromatic heterocycles. The van der Waals surface area contributed by atoms with E-state index in [1.54, 1.807) is 18.3 Å². The number of aryl methyl sites for hydroxylation is 1. The van der Waals surface area contributed by atoms with Gasteiger partial charge in [-0.05, 0) is 55.0 Å². The zero-order valence-corrected chi connectivity index (χ0v) is 17.2. The molecule has 4 rings (SSSR count). The molecule has 1 N–H and O–H groups in total. The fraction of sp³-hybridized carbons (Fsp3) is 0.381. The number of aromatic nitrogens is 1. The lowest BCUT2D eigenvalue weighted by Crippen LogP contribution is -2.38. The number of halogens is 1. The maximum absolute atomic E-state index is 13.2. The van der Waals surface area contributed by atoms with Crippen LogP contribution in [0.25, 0.3) is 0 Å².